The Balaban J connectivity index is 2.28. The van der Waals surface area contributed by atoms with Crippen LogP contribution in [0.2, 0.25) is 0 Å². The van der Waals surface area contributed by atoms with Crippen molar-refractivity contribution in [3.05, 3.63) is 59.8 Å². The normalized spacial score (nSPS) is 12.8. The Morgan fingerprint density at radius 3 is 2.06 bits per heavy atom. The molecule has 33 heavy (non-hydrogen) atoms. The van der Waals surface area contributed by atoms with Crippen molar-refractivity contribution < 1.29 is 36.2 Å². The Morgan fingerprint density at radius 1 is 1.12 bits per heavy atom. The van der Waals surface area contributed by atoms with Crippen LogP contribution in [0.15, 0.2) is 54.2 Å². The lowest BCUT2D eigenvalue weighted by Crippen LogP contribution is -2.43. The summed E-state index contributed by atoms with van der Waals surface area (Å²) in [7, 11) is -2.55. The Hall–Kier alpha value is -2.56. The maximum Gasteiger partial charge on any atom is 0.416 e. The summed E-state index contributed by atoms with van der Waals surface area (Å²) in [6.07, 6.45) is -4.68. The molecule has 1 atom stereocenters. The van der Waals surface area contributed by atoms with Gasteiger partial charge in [0.2, 0.25) is 10.0 Å². The fourth-order valence-electron chi connectivity index (χ4n) is 2.85. The summed E-state index contributed by atoms with van der Waals surface area (Å²) in [6, 6.07) is 9.44. The number of carbonyl (C=O) groups excluding carboxylic acids is 1. The molecule has 0 unspecified atom stereocenters. The highest BCUT2D eigenvalue weighted by Gasteiger charge is 2.31. The predicted molar refractivity (Wildman–Crippen MR) is 118 cm³/mol. The number of aliphatic hydroxyl groups excluding tert-OH is 1. The molecule has 2 rings (SSSR count). The molecule has 180 valence electrons. The molecule has 0 aromatic heterocycles. The first-order chi connectivity index (χ1) is 15.4. The van der Waals surface area contributed by atoms with Crippen molar-refractivity contribution in [1.82, 2.24) is 4.90 Å². The Bertz CT molecular complexity index is 1090. The molecular weight excluding hydrogens is 485 g/mol. The predicted octanol–water partition coefficient (Wildman–Crippen LogP) is 3.86. The van der Waals surface area contributed by atoms with Crippen molar-refractivity contribution in [2.24, 2.45) is 0 Å². The minimum absolute atomic E-state index is 0.0282. The Morgan fingerprint density at radius 2 is 1.64 bits per heavy atom. The number of ether oxygens (including phenoxy) is 1. The van der Waals surface area contributed by atoms with Gasteiger partial charge in [-0.25, -0.2) is 17.5 Å². The number of benzene rings is 2. The Kier molecular flexibility index (Phi) is 8.93. The van der Waals surface area contributed by atoms with Gasteiger partial charge < -0.3 is 9.84 Å². The Labute approximate surface area is 194 Å². The van der Waals surface area contributed by atoms with Crippen LogP contribution in [-0.4, -0.2) is 56.3 Å². The number of sulfonamides is 1. The molecular formula is C21H22ClF3N2O5S. The quantitative estimate of drug-likeness (QED) is 0.299. The van der Waals surface area contributed by atoms with E-state index in [1.165, 1.54) is 42.2 Å². The second-order valence-corrected chi connectivity index (χ2v) is 9.24. The van der Waals surface area contributed by atoms with Crippen LogP contribution in [0.1, 0.15) is 12.0 Å². The van der Waals surface area contributed by atoms with Gasteiger partial charge in [-0.1, -0.05) is 0 Å². The van der Waals surface area contributed by atoms with E-state index >= 15 is 0 Å². The summed E-state index contributed by atoms with van der Waals surface area (Å²) < 4.78 is 69.0. The number of hydrogen-bond acceptors (Lipinski definition) is 6. The van der Waals surface area contributed by atoms with Crippen LogP contribution in [0.3, 0.4) is 0 Å². The molecule has 0 aliphatic carbocycles. The molecule has 0 saturated heterocycles. The molecule has 0 spiro atoms. The first-order valence-corrected chi connectivity index (χ1v) is 11.9. The lowest BCUT2D eigenvalue weighted by molar-refractivity contribution is -0.137. The van der Waals surface area contributed by atoms with E-state index in [-0.39, 0.29) is 17.2 Å². The number of anilines is 1. The third-order valence-electron chi connectivity index (χ3n) is 4.45. The topological polar surface area (TPSA) is 87.2 Å². The second kappa shape index (κ2) is 11.0. The van der Waals surface area contributed by atoms with Crippen LogP contribution in [0, 0.1) is 0 Å². The van der Waals surface area contributed by atoms with Gasteiger partial charge in [0.05, 0.1) is 17.5 Å². The molecule has 0 aliphatic heterocycles. The number of nitrogens with zero attached hydrogens (tertiary/aromatic N) is 2. The number of alkyl halides is 4. The van der Waals surface area contributed by atoms with Crippen LogP contribution in [-0.2, 0) is 21.0 Å². The summed E-state index contributed by atoms with van der Waals surface area (Å²) in [5.74, 6) is 2.17. The fraction of sp³-hybridized carbons (Fsp3) is 0.333. The van der Waals surface area contributed by atoms with Crippen molar-refractivity contribution in [2.45, 2.75) is 18.8 Å². The monoisotopic (exact) mass is 506 g/mol. The van der Waals surface area contributed by atoms with Crippen molar-refractivity contribution in [3.63, 3.8) is 0 Å². The van der Waals surface area contributed by atoms with Crippen LogP contribution in [0.5, 0.6) is 11.5 Å². The molecule has 0 aliphatic rings. The summed E-state index contributed by atoms with van der Waals surface area (Å²) in [5.41, 5.74) is -1.33. The highest BCUT2D eigenvalue weighted by atomic mass is 35.5. The highest BCUT2D eigenvalue weighted by Crippen LogP contribution is 2.32. The molecule has 0 bridgehead atoms. The zero-order valence-corrected chi connectivity index (χ0v) is 19.3. The summed E-state index contributed by atoms with van der Waals surface area (Å²) in [4.78, 5) is 13.0. The van der Waals surface area contributed by atoms with Crippen LogP contribution >= 0.6 is 11.6 Å². The van der Waals surface area contributed by atoms with Gasteiger partial charge in [0.25, 0.3) is 0 Å². The SMILES string of the molecule is CN(CCCCl)[C@@H](O)C(=C=O)N(c1ccc(Oc2ccc(C(F)(F)F)cc2)cc1)S(C)(=O)=O. The van der Waals surface area contributed by atoms with E-state index in [0.717, 1.165) is 30.5 Å². The van der Waals surface area contributed by atoms with Crippen molar-refractivity contribution in [2.75, 3.05) is 30.0 Å². The molecule has 0 heterocycles. The van der Waals surface area contributed by atoms with Gasteiger partial charge in [-0.15, -0.1) is 11.6 Å². The van der Waals surface area contributed by atoms with E-state index in [4.69, 9.17) is 16.3 Å². The highest BCUT2D eigenvalue weighted by molar-refractivity contribution is 7.92. The fourth-order valence-corrected chi connectivity index (χ4v) is 3.96. The maximum absolute atomic E-state index is 12.7. The molecule has 7 nitrogen and oxygen atoms in total. The lowest BCUT2D eigenvalue weighted by atomic mass is 10.2. The first kappa shape index (κ1) is 26.7. The number of halogens is 4. The van der Waals surface area contributed by atoms with Gasteiger partial charge >= 0.3 is 6.18 Å². The van der Waals surface area contributed by atoms with Gasteiger partial charge in [-0.2, -0.15) is 13.2 Å². The lowest BCUT2D eigenvalue weighted by Gasteiger charge is -2.30. The number of aliphatic hydroxyl groups is 1. The van der Waals surface area contributed by atoms with E-state index in [0.29, 0.717) is 23.2 Å². The average molecular weight is 507 g/mol. The smallest absolute Gasteiger partial charge is 0.416 e. The van der Waals surface area contributed by atoms with E-state index in [9.17, 15) is 31.5 Å². The van der Waals surface area contributed by atoms with Gasteiger partial charge in [0, 0.05) is 12.4 Å². The van der Waals surface area contributed by atoms with Crippen LogP contribution in [0.4, 0.5) is 18.9 Å². The van der Waals surface area contributed by atoms with Crippen molar-refractivity contribution in [1.29, 1.82) is 0 Å². The number of likely N-dealkylation sites (N-methyl/N-ethyl adjacent to an activating group) is 1. The molecule has 1 N–H and O–H groups in total. The van der Waals surface area contributed by atoms with Crippen LogP contribution in [0.25, 0.3) is 0 Å². The van der Waals surface area contributed by atoms with Crippen molar-refractivity contribution in [3.8, 4) is 11.5 Å². The molecule has 0 amide bonds. The van der Waals surface area contributed by atoms with Gasteiger partial charge in [-0.05, 0) is 62.0 Å². The molecule has 0 radical (unpaired) electrons. The molecule has 2 aromatic rings. The number of rotatable bonds is 10. The van der Waals surface area contributed by atoms with Crippen molar-refractivity contribution >= 4 is 33.3 Å². The average Bonchev–Trinajstić information content (AvgIpc) is 2.75. The number of hydrogen-bond donors (Lipinski definition) is 1. The summed E-state index contributed by atoms with van der Waals surface area (Å²) >= 11 is 5.63. The van der Waals surface area contributed by atoms with Gasteiger partial charge in [0.15, 0.2) is 17.9 Å². The van der Waals surface area contributed by atoms with E-state index in [1.54, 1.807) is 0 Å². The maximum atomic E-state index is 12.7. The zero-order chi connectivity index (χ0) is 24.8. The third kappa shape index (κ3) is 7.21. The van der Waals surface area contributed by atoms with E-state index < -0.39 is 33.7 Å². The minimum atomic E-state index is -4.47. The third-order valence-corrected chi connectivity index (χ3v) is 5.79. The first-order valence-electron chi connectivity index (χ1n) is 9.53. The molecule has 0 saturated carbocycles. The minimum Gasteiger partial charge on any atom is -0.457 e. The summed E-state index contributed by atoms with van der Waals surface area (Å²) in [5, 5.41) is 10.5. The van der Waals surface area contributed by atoms with E-state index in [2.05, 4.69) is 0 Å². The second-order valence-electron chi connectivity index (χ2n) is 7.03. The van der Waals surface area contributed by atoms with E-state index in [1.807, 2.05) is 0 Å². The summed E-state index contributed by atoms with van der Waals surface area (Å²) in [6.45, 7) is 0.299. The standard InChI is InChI=1S/C21H22ClF3N2O5S/c1-26(13-3-12-22)20(29)19(14-28)27(33(2,30)31)16-6-10-18(11-7-16)32-17-8-4-15(5-9-17)21(23,24)25/h4-11,20,29H,3,12-13H2,1-2H3/t20-/m0/s1. The van der Waals surface area contributed by atoms with Gasteiger partial charge in [0.1, 0.15) is 11.5 Å². The zero-order valence-electron chi connectivity index (χ0n) is 17.7. The molecule has 12 heteroatoms. The van der Waals surface area contributed by atoms with Crippen LogP contribution < -0.4 is 9.04 Å². The van der Waals surface area contributed by atoms with Gasteiger partial charge in [-0.3, -0.25) is 4.90 Å². The molecule has 2 aromatic carbocycles. The molecule has 0 fully saturated rings. The largest absolute Gasteiger partial charge is 0.457 e.